The average Bonchev–Trinajstić information content (AvgIpc) is 2.96. The minimum absolute atomic E-state index is 0.196. The zero-order valence-corrected chi connectivity index (χ0v) is 14.7. The quantitative estimate of drug-likeness (QED) is 0.798. The molecule has 0 unspecified atom stereocenters. The van der Waals surface area contributed by atoms with Gasteiger partial charge in [-0.15, -0.1) is 0 Å². The van der Waals surface area contributed by atoms with Crippen LogP contribution in [0.5, 0.6) is 5.75 Å². The van der Waals surface area contributed by atoms with Crippen molar-refractivity contribution in [2.45, 2.75) is 6.92 Å². The lowest BCUT2D eigenvalue weighted by atomic mass is 10.1. The highest BCUT2D eigenvalue weighted by Crippen LogP contribution is 2.24. The Balaban J connectivity index is 1.78. The molecular formula is C21H18N2O4. The van der Waals surface area contributed by atoms with Gasteiger partial charge in [0.15, 0.2) is 6.61 Å². The van der Waals surface area contributed by atoms with Crippen LogP contribution >= 0.6 is 0 Å². The number of allylic oxidation sites excluding steroid dienone is 2. The van der Waals surface area contributed by atoms with Gasteiger partial charge in [-0.1, -0.05) is 48.6 Å². The highest BCUT2D eigenvalue weighted by atomic mass is 16.5. The van der Waals surface area contributed by atoms with Gasteiger partial charge in [0.1, 0.15) is 5.75 Å². The van der Waals surface area contributed by atoms with Crippen molar-refractivity contribution in [3.63, 3.8) is 0 Å². The number of nitrogens with zero attached hydrogens (tertiary/aromatic N) is 2. The van der Waals surface area contributed by atoms with E-state index in [0.29, 0.717) is 22.7 Å². The lowest BCUT2D eigenvalue weighted by Gasteiger charge is -2.10. The number of carboxylic acid groups (broad SMARTS) is 1. The molecule has 136 valence electrons. The summed E-state index contributed by atoms with van der Waals surface area (Å²) in [6.45, 7) is 1.37. The Hall–Kier alpha value is -3.67. The molecule has 2 aromatic carbocycles. The van der Waals surface area contributed by atoms with Crippen LogP contribution in [0.3, 0.4) is 0 Å². The second-order valence-electron chi connectivity index (χ2n) is 5.80. The van der Waals surface area contributed by atoms with Crippen molar-refractivity contribution in [2.24, 2.45) is 5.10 Å². The fourth-order valence-electron chi connectivity index (χ4n) is 2.59. The van der Waals surface area contributed by atoms with Crippen LogP contribution in [0.25, 0.3) is 6.08 Å². The van der Waals surface area contributed by atoms with Crippen molar-refractivity contribution >= 4 is 29.4 Å². The van der Waals surface area contributed by atoms with E-state index in [0.717, 1.165) is 5.56 Å². The smallest absolute Gasteiger partial charge is 0.341 e. The number of anilines is 1. The molecule has 0 fully saturated rings. The number of aliphatic carboxylic acids is 1. The number of carbonyl (C=O) groups excluding carboxylic acids is 1. The van der Waals surface area contributed by atoms with E-state index in [1.54, 1.807) is 43.4 Å². The molecule has 0 bridgehead atoms. The zero-order chi connectivity index (χ0) is 19.2. The maximum atomic E-state index is 12.6. The third-order valence-corrected chi connectivity index (χ3v) is 3.87. The Morgan fingerprint density at radius 1 is 1.15 bits per heavy atom. The Morgan fingerprint density at radius 3 is 2.59 bits per heavy atom. The minimum atomic E-state index is -1.04. The average molecular weight is 362 g/mol. The summed E-state index contributed by atoms with van der Waals surface area (Å²) >= 11 is 0. The summed E-state index contributed by atoms with van der Waals surface area (Å²) < 4.78 is 5.27. The van der Waals surface area contributed by atoms with Crippen LogP contribution in [0.15, 0.2) is 77.4 Å². The van der Waals surface area contributed by atoms with Crippen LogP contribution in [0.2, 0.25) is 0 Å². The van der Waals surface area contributed by atoms with E-state index >= 15 is 0 Å². The fraction of sp³-hybridized carbons (Fsp3) is 0.0952. The van der Waals surface area contributed by atoms with E-state index in [1.807, 2.05) is 36.4 Å². The predicted octanol–water partition coefficient (Wildman–Crippen LogP) is 3.51. The van der Waals surface area contributed by atoms with Crippen molar-refractivity contribution in [3.8, 4) is 5.75 Å². The molecule has 0 aliphatic carbocycles. The summed E-state index contributed by atoms with van der Waals surface area (Å²) in [6, 6.07) is 16.3. The van der Waals surface area contributed by atoms with Crippen LogP contribution in [-0.2, 0) is 9.59 Å². The van der Waals surface area contributed by atoms with Gasteiger partial charge in [0.2, 0.25) is 0 Å². The predicted molar refractivity (Wildman–Crippen MR) is 104 cm³/mol. The van der Waals surface area contributed by atoms with Gasteiger partial charge >= 0.3 is 5.97 Å². The molecule has 1 amide bonds. The number of hydrogen-bond donors (Lipinski definition) is 1. The lowest BCUT2D eigenvalue weighted by molar-refractivity contribution is -0.139. The van der Waals surface area contributed by atoms with Crippen LogP contribution in [0.1, 0.15) is 12.5 Å². The fourth-order valence-corrected chi connectivity index (χ4v) is 2.59. The van der Waals surface area contributed by atoms with E-state index in [9.17, 15) is 9.59 Å². The summed E-state index contributed by atoms with van der Waals surface area (Å²) in [5.41, 5.74) is 2.56. The largest absolute Gasteiger partial charge is 0.481 e. The number of carbonyl (C=O) groups is 2. The molecule has 27 heavy (non-hydrogen) atoms. The van der Waals surface area contributed by atoms with E-state index < -0.39 is 12.6 Å². The van der Waals surface area contributed by atoms with E-state index in [2.05, 4.69) is 5.10 Å². The molecule has 6 heteroatoms. The first-order valence-corrected chi connectivity index (χ1v) is 8.33. The van der Waals surface area contributed by atoms with Gasteiger partial charge in [-0.25, -0.2) is 4.79 Å². The Labute approximate surface area is 156 Å². The van der Waals surface area contributed by atoms with Gasteiger partial charge in [-0.05, 0) is 31.2 Å². The van der Waals surface area contributed by atoms with Gasteiger partial charge in [-0.2, -0.15) is 10.1 Å². The van der Waals surface area contributed by atoms with Crippen molar-refractivity contribution in [2.75, 3.05) is 11.6 Å². The van der Waals surface area contributed by atoms with Crippen molar-refractivity contribution in [3.05, 3.63) is 77.9 Å². The van der Waals surface area contributed by atoms with Crippen LogP contribution < -0.4 is 9.75 Å². The molecule has 0 saturated carbocycles. The first kappa shape index (κ1) is 18.1. The molecular weight excluding hydrogens is 344 g/mol. The van der Waals surface area contributed by atoms with Crippen LogP contribution in [0, 0.1) is 0 Å². The molecule has 6 nitrogen and oxygen atoms in total. The molecule has 0 aromatic heterocycles. The van der Waals surface area contributed by atoms with E-state index in [1.165, 1.54) is 5.01 Å². The first-order chi connectivity index (χ1) is 13.1. The molecule has 0 saturated heterocycles. The zero-order valence-electron chi connectivity index (χ0n) is 14.7. The van der Waals surface area contributed by atoms with Crippen molar-refractivity contribution in [1.82, 2.24) is 0 Å². The van der Waals surface area contributed by atoms with E-state index in [4.69, 9.17) is 9.84 Å². The number of benzene rings is 2. The molecule has 0 spiro atoms. The molecule has 1 aliphatic heterocycles. The summed E-state index contributed by atoms with van der Waals surface area (Å²) in [7, 11) is 0. The molecule has 0 atom stereocenters. The Morgan fingerprint density at radius 2 is 1.85 bits per heavy atom. The van der Waals surface area contributed by atoms with Crippen LogP contribution in [0.4, 0.5) is 5.69 Å². The third kappa shape index (κ3) is 4.30. The monoisotopic (exact) mass is 362 g/mol. The Kier molecular flexibility index (Phi) is 5.47. The van der Waals surface area contributed by atoms with Gasteiger partial charge in [0.05, 0.1) is 17.0 Å². The van der Waals surface area contributed by atoms with Crippen LogP contribution in [-0.4, -0.2) is 29.3 Å². The number of para-hydroxylation sites is 2. The molecule has 2 aromatic rings. The Bertz CT molecular complexity index is 946. The number of amides is 1. The van der Waals surface area contributed by atoms with Gasteiger partial charge in [0.25, 0.3) is 5.91 Å². The standard InChI is InChI=1S/C21H18N2O4/c1-15-18(21(26)23(22-15)17-10-3-2-4-11-17)12-7-9-16-8-5-6-13-19(16)27-14-20(24)25/h2-13H,14H2,1H3,(H,24,25). The van der Waals surface area contributed by atoms with Crippen molar-refractivity contribution < 1.29 is 19.4 Å². The number of carboxylic acids is 1. The van der Waals surface area contributed by atoms with Gasteiger partial charge < -0.3 is 9.84 Å². The molecule has 1 aliphatic rings. The maximum Gasteiger partial charge on any atom is 0.341 e. The van der Waals surface area contributed by atoms with E-state index in [-0.39, 0.29) is 5.91 Å². The molecule has 3 rings (SSSR count). The number of hydrazone groups is 1. The topological polar surface area (TPSA) is 79.2 Å². The number of hydrogen-bond acceptors (Lipinski definition) is 4. The third-order valence-electron chi connectivity index (χ3n) is 3.87. The normalized spacial score (nSPS) is 15.4. The van der Waals surface area contributed by atoms with Gasteiger partial charge in [0, 0.05) is 5.56 Å². The van der Waals surface area contributed by atoms with Crippen molar-refractivity contribution in [1.29, 1.82) is 0 Å². The minimum Gasteiger partial charge on any atom is -0.481 e. The second kappa shape index (κ2) is 8.14. The van der Waals surface area contributed by atoms with Gasteiger partial charge in [-0.3, -0.25) is 4.79 Å². The maximum absolute atomic E-state index is 12.6. The first-order valence-electron chi connectivity index (χ1n) is 8.33. The summed E-state index contributed by atoms with van der Waals surface area (Å²) in [5.74, 6) is -0.775. The highest BCUT2D eigenvalue weighted by Gasteiger charge is 2.27. The second-order valence-corrected chi connectivity index (χ2v) is 5.80. The molecule has 1 N–H and O–H groups in total. The molecule has 1 heterocycles. The molecule has 0 radical (unpaired) electrons. The SMILES string of the molecule is CC1=NN(c2ccccc2)C(=O)C1=CC=Cc1ccccc1OCC(=O)O. The summed E-state index contributed by atoms with van der Waals surface area (Å²) in [5, 5.41) is 14.5. The summed E-state index contributed by atoms with van der Waals surface area (Å²) in [6.07, 6.45) is 5.18. The number of rotatable bonds is 6. The lowest BCUT2D eigenvalue weighted by Crippen LogP contribution is -2.21. The number of ether oxygens (including phenoxy) is 1. The highest BCUT2D eigenvalue weighted by molar-refractivity contribution is 6.29. The summed E-state index contributed by atoms with van der Waals surface area (Å²) in [4.78, 5) is 23.3.